The molecule has 3 aromatic heterocycles. The summed E-state index contributed by atoms with van der Waals surface area (Å²) in [5.74, 6) is 1.62. The number of nitrogens with zero attached hydrogens (tertiary/aromatic N) is 4. The third kappa shape index (κ3) is 3.00. The van der Waals surface area contributed by atoms with Gasteiger partial charge in [-0.15, -0.1) is 11.3 Å². The molecule has 0 aliphatic carbocycles. The summed E-state index contributed by atoms with van der Waals surface area (Å²) in [7, 11) is 0. The second kappa shape index (κ2) is 6.41. The molecule has 5 nitrogen and oxygen atoms in total. The van der Waals surface area contributed by atoms with Crippen molar-refractivity contribution in [3.05, 3.63) is 70.6 Å². The zero-order valence-corrected chi connectivity index (χ0v) is 14.1. The lowest BCUT2D eigenvalue weighted by Crippen LogP contribution is -2.07. The minimum Gasteiger partial charge on any atom is -0.362 e. The van der Waals surface area contributed by atoms with Crippen molar-refractivity contribution in [3.63, 3.8) is 0 Å². The van der Waals surface area contributed by atoms with E-state index in [-0.39, 0.29) is 0 Å². The van der Waals surface area contributed by atoms with E-state index in [1.807, 2.05) is 30.6 Å². The van der Waals surface area contributed by atoms with E-state index in [4.69, 9.17) is 0 Å². The first kappa shape index (κ1) is 14.8. The van der Waals surface area contributed by atoms with E-state index < -0.39 is 0 Å². The van der Waals surface area contributed by atoms with E-state index in [0.717, 1.165) is 34.2 Å². The minimum atomic E-state index is 0.666. The molecule has 3 heterocycles. The van der Waals surface area contributed by atoms with E-state index >= 15 is 0 Å². The molecule has 0 fully saturated rings. The molecule has 0 unspecified atom stereocenters. The summed E-state index contributed by atoms with van der Waals surface area (Å²) in [4.78, 5) is 13.5. The Morgan fingerprint density at radius 3 is 2.79 bits per heavy atom. The van der Waals surface area contributed by atoms with Crippen LogP contribution in [0.3, 0.4) is 0 Å². The van der Waals surface area contributed by atoms with Crippen molar-refractivity contribution in [2.45, 2.75) is 20.0 Å². The maximum Gasteiger partial charge on any atom is 0.154 e. The van der Waals surface area contributed by atoms with Crippen LogP contribution in [0, 0.1) is 6.92 Å². The molecule has 24 heavy (non-hydrogen) atoms. The Labute approximate surface area is 144 Å². The number of fused-ring (bicyclic) bond motifs is 1. The summed E-state index contributed by atoms with van der Waals surface area (Å²) in [5, 5.41) is 6.44. The fraction of sp³-hybridized carbons (Fsp3) is 0.167. The molecule has 0 radical (unpaired) electrons. The molecule has 6 heteroatoms. The highest BCUT2D eigenvalue weighted by Crippen LogP contribution is 2.23. The molecule has 0 spiro atoms. The average Bonchev–Trinajstić information content (AvgIpc) is 3.24. The van der Waals surface area contributed by atoms with Crippen molar-refractivity contribution in [1.82, 2.24) is 19.5 Å². The third-order valence-electron chi connectivity index (χ3n) is 3.81. The van der Waals surface area contributed by atoms with Gasteiger partial charge in [-0.25, -0.2) is 15.0 Å². The molecular formula is C18H17N5S. The maximum absolute atomic E-state index is 4.61. The Hall–Kier alpha value is -2.73. The van der Waals surface area contributed by atoms with Gasteiger partial charge in [0.25, 0.3) is 0 Å². The monoisotopic (exact) mass is 335 g/mol. The van der Waals surface area contributed by atoms with Gasteiger partial charge < -0.3 is 9.88 Å². The Morgan fingerprint density at radius 1 is 1.12 bits per heavy atom. The van der Waals surface area contributed by atoms with Crippen molar-refractivity contribution in [1.29, 1.82) is 0 Å². The summed E-state index contributed by atoms with van der Waals surface area (Å²) in [6, 6.07) is 12.5. The van der Waals surface area contributed by atoms with Crippen LogP contribution >= 0.6 is 11.3 Å². The number of aromatic nitrogens is 4. The molecule has 0 bridgehead atoms. The molecule has 0 aliphatic rings. The van der Waals surface area contributed by atoms with Crippen molar-refractivity contribution < 1.29 is 0 Å². The number of rotatable bonds is 5. The SMILES string of the molecule is Cc1nc(NCc2nccs2)c2c(ccn2Cc2ccccc2)n1. The van der Waals surface area contributed by atoms with Crippen LogP contribution in [0.5, 0.6) is 0 Å². The summed E-state index contributed by atoms with van der Waals surface area (Å²) >= 11 is 1.64. The molecule has 0 aliphatic heterocycles. The molecule has 0 saturated carbocycles. The van der Waals surface area contributed by atoms with Gasteiger partial charge in [-0.2, -0.15) is 0 Å². The number of benzene rings is 1. The van der Waals surface area contributed by atoms with Crippen LogP contribution in [0.4, 0.5) is 5.82 Å². The number of aryl methyl sites for hydroxylation is 1. The lowest BCUT2D eigenvalue weighted by atomic mass is 10.2. The lowest BCUT2D eigenvalue weighted by molar-refractivity contribution is 0.833. The number of anilines is 1. The van der Waals surface area contributed by atoms with Gasteiger partial charge >= 0.3 is 0 Å². The highest BCUT2D eigenvalue weighted by Gasteiger charge is 2.11. The van der Waals surface area contributed by atoms with E-state index in [1.165, 1.54) is 5.56 Å². The van der Waals surface area contributed by atoms with Gasteiger partial charge in [0.05, 0.1) is 12.1 Å². The van der Waals surface area contributed by atoms with Gasteiger partial charge in [0.1, 0.15) is 16.3 Å². The van der Waals surface area contributed by atoms with Crippen LogP contribution in [0.2, 0.25) is 0 Å². The van der Waals surface area contributed by atoms with Gasteiger partial charge in [-0.3, -0.25) is 0 Å². The maximum atomic E-state index is 4.61. The molecule has 0 saturated heterocycles. The van der Waals surface area contributed by atoms with Gasteiger partial charge in [-0.05, 0) is 18.6 Å². The van der Waals surface area contributed by atoms with E-state index in [1.54, 1.807) is 11.3 Å². The Kier molecular flexibility index (Phi) is 3.96. The van der Waals surface area contributed by atoms with Crippen LogP contribution < -0.4 is 5.32 Å². The van der Waals surface area contributed by atoms with Crippen molar-refractivity contribution in [3.8, 4) is 0 Å². The second-order valence-corrected chi connectivity index (χ2v) is 6.54. The highest BCUT2D eigenvalue weighted by atomic mass is 32.1. The number of thiazole rings is 1. The smallest absolute Gasteiger partial charge is 0.154 e. The molecule has 4 rings (SSSR count). The van der Waals surface area contributed by atoms with Gasteiger partial charge in [0.2, 0.25) is 0 Å². The summed E-state index contributed by atoms with van der Waals surface area (Å²) in [6.07, 6.45) is 3.89. The van der Waals surface area contributed by atoms with Crippen molar-refractivity contribution >= 4 is 28.2 Å². The molecule has 1 N–H and O–H groups in total. The van der Waals surface area contributed by atoms with Crippen LogP contribution in [-0.4, -0.2) is 19.5 Å². The lowest BCUT2D eigenvalue weighted by Gasteiger charge is -2.11. The third-order valence-corrected chi connectivity index (χ3v) is 4.59. The van der Waals surface area contributed by atoms with E-state index in [2.05, 4.69) is 55.3 Å². The first-order valence-corrected chi connectivity index (χ1v) is 8.67. The quantitative estimate of drug-likeness (QED) is 0.602. The van der Waals surface area contributed by atoms with Gasteiger partial charge in [0, 0.05) is 24.3 Å². The van der Waals surface area contributed by atoms with Gasteiger partial charge in [-0.1, -0.05) is 30.3 Å². The van der Waals surface area contributed by atoms with Crippen LogP contribution in [-0.2, 0) is 13.1 Å². The normalized spacial score (nSPS) is 11.0. The molecule has 0 amide bonds. The van der Waals surface area contributed by atoms with E-state index in [0.29, 0.717) is 6.54 Å². The fourth-order valence-corrected chi connectivity index (χ4v) is 3.31. The number of hydrogen-bond donors (Lipinski definition) is 1. The van der Waals surface area contributed by atoms with E-state index in [9.17, 15) is 0 Å². The highest BCUT2D eigenvalue weighted by molar-refractivity contribution is 7.09. The minimum absolute atomic E-state index is 0.666. The zero-order valence-electron chi connectivity index (χ0n) is 13.3. The predicted molar refractivity (Wildman–Crippen MR) is 97.2 cm³/mol. The molecule has 1 aromatic carbocycles. The largest absolute Gasteiger partial charge is 0.362 e. The Balaban J connectivity index is 1.70. The van der Waals surface area contributed by atoms with Crippen molar-refractivity contribution in [2.75, 3.05) is 5.32 Å². The van der Waals surface area contributed by atoms with Crippen molar-refractivity contribution in [2.24, 2.45) is 0 Å². The average molecular weight is 335 g/mol. The first-order chi connectivity index (χ1) is 11.8. The fourth-order valence-electron chi connectivity index (χ4n) is 2.76. The summed E-state index contributed by atoms with van der Waals surface area (Å²) < 4.78 is 2.19. The molecule has 4 aromatic rings. The van der Waals surface area contributed by atoms with Crippen LogP contribution in [0.25, 0.3) is 11.0 Å². The molecular weight excluding hydrogens is 318 g/mol. The Bertz CT molecular complexity index is 944. The van der Waals surface area contributed by atoms with Gasteiger partial charge in [0.15, 0.2) is 5.82 Å². The first-order valence-electron chi connectivity index (χ1n) is 7.79. The molecule has 120 valence electrons. The topological polar surface area (TPSA) is 55.6 Å². The summed E-state index contributed by atoms with van der Waals surface area (Å²) in [5.41, 5.74) is 3.24. The second-order valence-electron chi connectivity index (χ2n) is 5.56. The Morgan fingerprint density at radius 2 is 2.00 bits per heavy atom. The zero-order chi connectivity index (χ0) is 16.4. The predicted octanol–water partition coefficient (Wildman–Crippen LogP) is 3.86. The number of hydrogen-bond acceptors (Lipinski definition) is 5. The number of nitrogens with one attached hydrogen (secondary N) is 1. The van der Waals surface area contributed by atoms with Crippen LogP contribution in [0.15, 0.2) is 54.2 Å². The van der Waals surface area contributed by atoms with Crippen LogP contribution in [0.1, 0.15) is 16.4 Å². The summed E-state index contributed by atoms with van der Waals surface area (Å²) in [6.45, 7) is 3.38. The standard InChI is InChI=1S/C18H17N5S/c1-13-21-15-7-9-23(12-14-5-3-2-4-6-14)17(15)18(22-13)20-11-16-19-8-10-24-16/h2-10H,11-12H2,1H3,(H,20,21,22). The molecule has 0 atom stereocenters.